The van der Waals surface area contributed by atoms with E-state index in [1.807, 2.05) is 0 Å². The molecule has 2 aromatic rings. The monoisotopic (exact) mass is 205 g/mol. The molecule has 0 radical (unpaired) electrons. The Morgan fingerprint density at radius 3 is 2.80 bits per heavy atom. The first-order valence-corrected chi connectivity index (χ1v) is 4.44. The minimum atomic E-state index is 0.118. The van der Waals surface area contributed by atoms with Crippen molar-refractivity contribution in [2.24, 2.45) is 5.73 Å². The smallest absolute Gasteiger partial charge is 0.292 e. The number of phenols is 1. The van der Waals surface area contributed by atoms with Crippen LogP contribution in [-0.2, 0) is 6.54 Å². The van der Waals surface area contributed by atoms with Crippen LogP contribution < -0.4 is 11.5 Å². The van der Waals surface area contributed by atoms with Gasteiger partial charge in [-0.2, -0.15) is 4.98 Å². The quantitative estimate of drug-likeness (QED) is 0.681. The molecule has 0 aliphatic carbocycles. The second-order valence-electron chi connectivity index (χ2n) is 3.12. The summed E-state index contributed by atoms with van der Waals surface area (Å²) in [6.07, 6.45) is 1.46. The topological polar surface area (TPSA) is 98.3 Å². The van der Waals surface area contributed by atoms with Crippen LogP contribution in [0.1, 0.15) is 5.56 Å². The fourth-order valence-corrected chi connectivity index (χ4v) is 1.33. The van der Waals surface area contributed by atoms with E-state index in [1.165, 1.54) is 6.26 Å². The lowest BCUT2D eigenvalue weighted by molar-refractivity contribution is 0.468. The highest BCUT2D eigenvalue weighted by Crippen LogP contribution is 2.25. The van der Waals surface area contributed by atoms with Crippen molar-refractivity contribution in [3.05, 3.63) is 30.0 Å². The molecule has 5 heteroatoms. The predicted molar refractivity (Wildman–Crippen MR) is 55.9 cm³/mol. The Morgan fingerprint density at radius 2 is 2.20 bits per heavy atom. The third-order valence-electron chi connectivity index (χ3n) is 2.12. The molecule has 0 saturated heterocycles. The second-order valence-corrected chi connectivity index (χ2v) is 3.12. The van der Waals surface area contributed by atoms with E-state index in [9.17, 15) is 5.11 Å². The summed E-state index contributed by atoms with van der Waals surface area (Å²) in [5.41, 5.74) is 12.9. The Morgan fingerprint density at radius 1 is 1.40 bits per heavy atom. The number of oxazole rings is 1. The van der Waals surface area contributed by atoms with Gasteiger partial charge in [-0.1, -0.05) is 0 Å². The number of phenolic OH excluding ortho intramolecular Hbond substituents is 1. The summed E-state index contributed by atoms with van der Waals surface area (Å²) in [6.45, 7) is 0.271. The van der Waals surface area contributed by atoms with Crippen LogP contribution in [0, 0.1) is 0 Å². The van der Waals surface area contributed by atoms with Crippen molar-refractivity contribution in [2.75, 3.05) is 5.73 Å². The van der Waals surface area contributed by atoms with E-state index in [0.29, 0.717) is 11.3 Å². The van der Waals surface area contributed by atoms with Gasteiger partial charge in [0.05, 0.1) is 0 Å². The van der Waals surface area contributed by atoms with E-state index in [2.05, 4.69) is 4.98 Å². The Bertz CT molecular complexity index is 479. The van der Waals surface area contributed by atoms with Crippen molar-refractivity contribution in [2.45, 2.75) is 6.54 Å². The third kappa shape index (κ3) is 1.77. The van der Waals surface area contributed by atoms with Gasteiger partial charge >= 0.3 is 0 Å². The Labute approximate surface area is 86.3 Å². The molecule has 78 valence electrons. The SMILES string of the molecule is NCc1cc(-c2coc(N)n2)ccc1O. The van der Waals surface area contributed by atoms with Gasteiger partial charge < -0.3 is 21.0 Å². The number of hydrogen-bond acceptors (Lipinski definition) is 5. The summed E-state index contributed by atoms with van der Waals surface area (Å²) < 4.78 is 4.90. The number of nitrogen functional groups attached to an aromatic ring is 1. The number of benzene rings is 1. The van der Waals surface area contributed by atoms with Crippen molar-refractivity contribution >= 4 is 6.01 Å². The average Bonchev–Trinajstić information content (AvgIpc) is 2.66. The summed E-state index contributed by atoms with van der Waals surface area (Å²) in [5, 5.41) is 9.44. The lowest BCUT2D eigenvalue weighted by Gasteiger charge is -2.03. The predicted octanol–water partition coefficient (Wildman–Crippen LogP) is 1.09. The van der Waals surface area contributed by atoms with E-state index >= 15 is 0 Å². The first-order valence-electron chi connectivity index (χ1n) is 4.44. The lowest BCUT2D eigenvalue weighted by Crippen LogP contribution is -1.96. The highest BCUT2D eigenvalue weighted by molar-refractivity contribution is 5.61. The first-order chi connectivity index (χ1) is 7.20. The van der Waals surface area contributed by atoms with Crippen LogP contribution in [0.15, 0.2) is 28.9 Å². The molecule has 0 unspecified atom stereocenters. The maximum absolute atomic E-state index is 9.44. The van der Waals surface area contributed by atoms with Gasteiger partial charge in [0.15, 0.2) is 0 Å². The normalized spacial score (nSPS) is 10.5. The zero-order chi connectivity index (χ0) is 10.8. The van der Waals surface area contributed by atoms with Gasteiger partial charge in [0, 0.05) is 17.7 Å². The minimum absolute atomic E-state index is 0.118. The fraction of sp³-hybridized carbons (Fsp3) is 0.100. The molecule has 5 N–H and O–H groups in total. The van der Waals surface area contributed by atoms with Gasteiger partial charge in [0.2, 0.25) is 0 Å². The van der Waals surface area contributed by atoms with Crippen molar-refractivity contribution in [3.8, 4) is 17.0 Å². The maximum atomic E-state index is 9.44. The molecule has 0 saturated carbocycles. The minimum Gasteiger partial charge on any atom is -0.508 e. The largest absolute Gasteiger partial charge is 0.508 e. The van der Waals surface area contributed by atoms with E-state index < -0.39 is 0 Å². The van der Waals surface area contributed by atoms with Gasteiger partial charge in [-0.3, -0.25) is 0 Å². The molecule has 15 heavy (non-hydrogen) atoms. The molecule has 0 aliphatic heterocycles. The average molecular weight is 205 g/mol. The highest BCUT2D eigenvalue weighted by Gasteiger charge is 2.06. The first kappa shape index (κ1) is 9.54. The Kier molecular flexibility index (Phi) is 2.31. The summed E-state index contributed by atoms with van der Waals surface area (Å²) >= 11 is 0. The summed E-state index contributed by atoms with van der Waals surface area (Å²) in [7, 11) is 0. The second kappa shape index (κ2) is 3.62. The van der Waals surface area contributed by atoms with Crippen LogP contribution in [0.25, 0.3) is 11.3 Å². The molecule has 0 atom stereocenters. The standard InChI is InChI=1S/C10H11N3O2/c11-4-7-3-6(1-2-9(7)14)8-5-15-10(12)13-8/h1-3,5,14H,4,11H2,(H2,12,13). The summed E-state index contributed by atoms with van der Waals surface area (Å²) in [4.78, 5) is 3.97. The third-order valence-corrected chi connectivity index (χ3v) is 2.12. The van der Waals surface area contributed by atoms with Crippen LogP contribution >= 0.6 is 0 Å². The van der Waals surface area contributed by atoms with Gasteiger partial charge in [-0.15, -0.1) is 0 Å². The number of nitrogens with two attached hydrogens (primary N) is 2. The molecule has 5 nitrogen and oxygen atoms in total. The van der Waals surface area contributed by atoms with Gasteiger partial charge in [0.1, 0.15) is 17.7 Å². The number of nitrogens with zero attached hydrogens (tertiary/aromatic N) is 1. The number of aromatic hydroxyl groups is 1. The summed E-state index contributed by atoms with van der Waals surface area (Å²) in [6, 6.07) is 5.17. The Hall–Kier alpha value is -2.01. The van der Waals surface area contributed by atoms with E-state index in [4.69, 9.17) is 15.9 Å². The zero-order valence-corrected chi connectivity index (χ0v) is 7.97. The van der Waals surface area contributed by atoms with Crippen molar-refractivity contribution < 1.29 is 9.52 Å². The molecule has 1 aromatic heterocycles. The van der Waals surface area contributed by atoms with Crippen LogP contribution in [0.4, 0.5) is 6.01 Å². The molecule has 0 bridgehead atoms. The molecule has 0 spiro atoms. The molecular formula is C10H11N3O2. The van der Waals surface area contributed by atoms with E-state index in [0.717, 1.165) is 5.56 Å². The Balaban J connectivity index is 2.45. The van der Waals surface area contributed by atoms with Crippen molar-refractivity contribution in [1.29, 1.82) is 0 Å². The van der Waals surface area contributed by atoms with E-state index in [1.54, 1.807) is 18.2 Å². The highest BCUT2D eigenvalue weighted by atomic mass is 16.4. The maximum Gasteiger partial charge on any atom is 0.292 e. The van der Waals surface area contributed by atoms with Crippen LogP contribution in [0.5, 0.6) is 5.75 Å². The van der Waals surface area contributed by atoms with Crippen molar-refractivity contribution in [3.63, 3.8) is 0 Å². The number of hydrogen-bond donors (Lipinski definition) is 3. The van der Waals surface area contributed by atoms with Gasteiger partial charge in [-0.25, -0.2) is 0 Å². The molecule has 0 aliphatic rings. The molecule has 1 heterocycles. The van der Waals surface area contributed by atoms with Crippen LogP contribution in [0.2, 0.25) is 0 Å². The lowest BCUT2D eigenvalue weighted by atomic mass is 10.1. The molecular weight excluding hydrogens is 194 g/mol. The molecule has 2 rings (SSSR count). The van der Waals surface area contributed by atoms with Crippen molar-refractivity contribution in [1.82, 2.24) is 4.98 Å². The molecule has 1 aromatic carbocycles. The molecule has 0 fully saturated rings. The van der Waals surface area contributed by atoms with Crippen LogP contribution in [-0.4, -0.2) is 10.1 Å². The number of rotatable bonds is 2. The van der Waals surface area contributed by atoms with E-state index in [-0.39, 0.29) is 18.3 Å². The summed E-state index contributed by atoms with van der Waals surface area (Å²) in [5.74, 6) is 0.178. The van der Waals surface area contributed by atoms with Gasteiger partial charge in [-0.05, 0) is 18.2 Å². The van der Waals surface area contributed by atoms with Gasteiger partial charge in [0.25, 0.3) is 6.01 Å². The van der Waals surface area contributed by atoms with Crippen LogP contribution in [0.3, 0.4) is 0 Å². The fourth-order valence-electron chi connectivity index (χ4n) is 1.33. The zero-order valence-electron chi connectivity index (χ0n) is 7.97. The number of aromatic nitrogens is 1. The number of anilines is 1. The molecule has 0 amide bonds.